The Labute approximate surface area is 515 Å². The molecule has 0 spiro atoms. The van der Waals surface area contributed by atoms with Gasteiger partial charge in [0.05, 0.1) is 0 Å². The molecular formula is C77H134O6. The number of hydrogen-bond acceptors (Lipinski definition) is 6. The van der Waals surface area contributed by atoms with Crippen molar-refractivity contribution in [2.24, 2.45) is 0 Å². The Morgan fingerprint density at radius 3 is 0.735 bits per heavy atom. The molecule has 0 radical (unpaired) electrons. The van der Waals surface area contributed by atoms with Crippen LogP contribution in [0.5, 0.6) is 0 Å². The summed E-state index contributed by atoms with van der Waals surface area (Å²) in [5.74, 6) is -0.867. The molecule has 0 rings (SSSR count). The molecule has 478 valence electrons. The van der Waals surface area contributed by atoms with Crippen molar-refractivity contribution in [3.8, 4) is 0 Å². The van der Waals surface area contributed by atoms with Crippen molar-refractivity contribution in [3.63, 3.8) is 0 Å². The lowest BCUT2D eigenvalue weighted by atomic mass is 10.0. The molecule has 0 heterocycles. The first-order chi connectivity index (χ1) is 41.0. The van der Waals surface area contributed by atoms with Gasteiger partial charge in [-0.2, -0.15) is 0 Å². The molecule has 0 aromatic heterocycles. The molecule has 0 bridgehead atoms. The Kier molecular flexibility index (Phi) is 67.7. The fourth-order valence-corrected chi connectivity index (χ4v) is 10.2. The van der Waals surface area contributed by atoms with Crippen LogP contribution >= 0.6 is 0 Å². The molecule has 0 fully saturated rings. The molecule has 0 saturated heterocycles. The number of carbonyl (C=O) groups excluding carboxylic acids is 3. The highest BCUT2D eigenvalue weighted by Gasteiger charge is 2.19. The number of allylic oxidation sites excluding steroid dienone is 16. The third kappa shape index (κ3) is 69.0. The third-order valence-electron chi connectivity index (χ3n) is 15.6. The van der Waals surface area contributed by atoms with Crippen LogP contribution in [0.15, 0.2) is 97.2 Å². The molecule has 0 aliphatic carbocycles. The van der Waals surface area contributed by atoms with E-state index in [0.29, 0.717) is 19.3 Å². The average molecular weight is 1160 g/mol. The minimum absolute atomic E-state index is 0.0766. The predicted molar refractivity (Wildman–Crippen MR) is 362 cm³/mol. The fraction of sp³-hybridized carbons (Fsp3) is 0.753. The second-order valence-corrected chi connectivity index (χ2v) is 23.8. The maximum absolute atomic E-state index is 13.0. The zero-order chi connectivity index (χ0) is 59.9. The number of hydrogen-bond donors (Lipinski definition) is 0. The molecule has 0 saturated carbocycles. The van der Waals surface area contributed by atoms with Crippen LogP contribution in [-0.2, 0) is 28.6 Å². The number of rotatable bonds is 65. The largest absolute Gasteiger partial charge is 0.462 e. The summed E-state index contributed by atoms with van der Waals surface area (Å²) in [6.07, 6.45) is 95.7. The van der Waals surface area contributed by atoms with E-state index in [1.54, 1.807) is 0 Å². The van der Waals surface area contributed by atoms with Gasteiger partial charge in [0.15, 0.2) is 6.10 Å². The van der Waals surface area contributed by atoms with Crippen LogP contribution in [0, 0.1) is 0 Å². The van der Waals surface area contributed by atoms with E-state index < -0.39 is 6.10 Å². The van der Waals surface area contributed by atoms with E-state index in [-0.39, 0.29) is 31.1 Å². The third-order valence-corrected chi connectivity index (χ3v) is 15.6. The Morgan fingerprint density at radius 2 is 0.470 bits per heavy atom. The number of esters is 3. The van der Waals surface area contributed by atoms with Gasteiger partial charge in [-0.25, -0.2) is 0 Å². The predicted octanol–water partition coefficient (Wildman–Crippen LogP) is 24.8. The monoisotopic (exact) mass is 1160 g/mol. The van der Waals surface area contributed by atoms with E-state index in [9.17, 15) is 14.4 Å². The quantitative estimate of drug-likeness (QED) is 0.0261. The maximum Gasteiger partial charge on any atom is 0.306 e. The summed E-state index contributed by atoms with van der Waals surface area (Å²) in [4.78, 5) is 38.4. The normalized spacial score (nSPS) is 12.7. The fourth-order valence-electron chi connectivity index (χ4n) is 10.2. The van der Waals surface area contributed by atoms with Crippen LogP contribution in [-0.4, -0.2) is 37.2 Å². The lowest BCUT2D eigenvalue weighted by Gasteiger charge is -2.18. The van der Waals surface area contributed by atoms with Gasteiger partial charge in [0.1, 0.15) is 13.2 Å². The molecule has 1 unspecified atom stereocenters. The smallest absolute Gasteiger partial charge is 0.306 e. The van der Waals surface area contributed by atoms with Gasteiger partial charge in [-0.1, -0.05) is 330 Å². The number of unbranched alkanes of at least 4 members (excludes halogenated alkanes) is 38. The molecule has 6 nitrogen and oxygen atoms in total. The van der Waals surface area contributed by atoms with Crippen molar-refractivity contribution in [3.05, 3.63) is 97.2 Å². The summed E-state index contributed by atoms with van der Waals surface area (Å²) in [5.41, 5.74) is 0. The summed E-state index contributed by atoms with van der Waals surface area (Å²) in [6, 6.07) is 0. The molecule has 0 aromatic carbocycles. The van der Waals surface area contributed by atoms with Crippen LogP contribution in [0.2, 0.25) is 0 Å². The molecule has 1 atom stereocenters. The van der Waals surface area contributed by atoms with Gasteiger partial charge in [-0.15, -0.1) is 0 Å². The highest BCUT2D eigenvalue weighted by atomic mass is 16.6. The SMILES string of the molecule is CC/C=C\C/C=C\C/C=C\C/C=C\C/C=C\CCCCCCCCCCCCCCCC(=O)OCC(COC(=O)CCCCCCCCCCCCCCC)OC(=O)CCCCCCCCCC/C=C\C/C=C\C/C=C\CCCCCCC. The molecule has 83 heavy (non-hydrogen) atoms. The Bertz CT molecular complexity index is 1610. The second-order valence-electron chi connectivity index (χ2n) is 23.8. The van der Waals surface area contributed by atoms with Gasteiger partial charge < -0.3 is 14.2 Å². The zero-order valence-electron chi connectivity index (χ0n) is 54.9. The lowest BCUT2D eigenvalue weighted by molar-refractivity contribution is -0.167. The highest BCUT2D eigenvalue weighted by molar-refractivity contribution is 5.71. The molecule has 0 aliphatic rings. The van der Waals surface area contributed by atoms with Gasteiger partial charge in [0, 0.05) is 19.3 Å². The van der Waals surface area contributed by atoms with E-state index in [1.807, 2.05) is 0 Å². The Morgan fingerprint density at radius 1 is 0.253 bits per heavy atom. The van der Waals surface area contributed by atoms with E-state index in [2.05, 4.69) is 118 Å². The first kappa shape index (κ1) is 79.3. The highest BCUT2D eigenvalue weighted by Crippen LogP contribution is 2.17. The number of carbonyl (C=O) groups is 3. The van der Waals surface area contributed by atoms with Crippen molar-refractivity contribution in [2.75, 3.05) is 13.2 Å². The van der Waals surface area contributed by atoms with Crippen molar-refractivity contribution in [2.45, 2.75) is 361 Å². The first-order valence-electron chi connectivity index (χ1n) is 35.7. The van der Waals surface area contributed by atoms with Crippen molar-refractivity contribution in [1.29, 1.82) is 0 Å². The van der Waals surface area contributed by atoms with Gasteiger partial charge in [-0.3, -0.25) is 14.4 Å². The molecule has 6 heteroatoms. The van der Waals surface area contributed by atoms with Gasteiger partial charge in [0.2, 0.25) is 0 Å². The summed E-state index contributed by atoms with van der Waals surface area (Å²) in [5, 5.41) is 0. The Balaban J connectivity index is 4.28. The van der Waals surface area contributed by atoms with Crippen molar-refractivity contribution >= 4 is 17.9 Å². The van der Waals surface area contributed by atoms with Gasteiger partial charge in [0.25, 0.3) is 0 Å². The van der Waals surface area contributed by atoms with Crippen LogP contribution in [0.3, 0.4) is 0 Å². The summed E-state index contributed by atoms with van der Waals surface area (Å²) >= 11 is 0. The van der Waals surface area contributed by atoms with E-state index in [0.717, 1.165) is 109 Å². The summed E-state index contributed by atoms with van der Waals surface area (Å²) in [6.45, 7) is 6.55. The zero-order valence-corrected chi connectivity index (χ0v) is 54.9. The minimum Gasteiger partial charge on any atom is -0.462 e. The van der Waals surface area contributed by atoms with Crippen molar-refractivity contribution in [1.82, 2.24) is 0 Å². The summed E-state index contributed by atoms with van der Waals surface area (Å²) < 4.78 is 17.0. The van der Waals surface area contributed by atoms with Crippen molar-refractivity contribution < 1.29 is 28.6 Å². The lowest BCUT2D eigenvalue weighted by Crippen LogP contribution is -2.30. The maximum atomic E-state index is 13.0. The molecule has 0 aromatic rings. The topological polar surface area (TPSA) is 78.9 Å². The summed E-state index contributed by atoms with van der Waals surface area (Å²) in [7, 11) is 0. The molecular weight excluding hydrogens is 1020 g/mol. The Hall–Kier alpha value is -3.67. The van der Waals surface area contributed by atoms with Crippen LogP contribution < -0.4 is 0 Å². The molecule has 0 N–H and O–H groups in total. The van der Waals surface area contributed by atoms with Crippen LogP contribution in [0.25, 0.3) is 0 Å². The van der Waals surface area contributed by atoms with Crippen LogP contribution in [0.4, 0.5) is 0 Å². The average Bonchev–Trinajstić information content (AvgIpc) is 3.49. The van der Waals surface area contributed by atoms with Gasteiger partial charge >= 0.3 is 17.9 Å². The van der Waals surface area contributed by atoms with E-state index in [1.165, 1.54) is 205 Å². The van der Waals surface area contributed by atoms with E-state index >= 15 is 0 Å². The molecule has 0 aliphatic heterocycles. The van der Waals surface area contributed by atoms with Crippen LogP contribution in [0.1, 0.15) is 355 Å². The molecule has 0 amide bonds. The second kappa shape index (κ2) is 70.8. The number of ether oxygens (including phenoxy) is 3. The van der Waals surface area contributed by atoms with Gasteiger partial charge in [-0.05, 0) is 103 Å². The first-order valence-corrected chi connectivity index (χ1v) is 35.7. The standard InChI is InChI=1S/C77H134O6/c1-4-7-10-13-16-19-22-25-27-29-31-33-35-36-37-38-39-40-42-43-45-47-49-52-55-58-61-64-67-70-76(79)82-73-74(72-81-75(78)69-66-63-60-57-54-51-24-21-18-15-12-9-6-3)83-77(80)71-68-65-62-59-56-53-50-48-46-44-41-34-32-30-28-26-23-20-17-14-11-8-5-2/h7,10,16,19,23,25-27,30-33,36-37,41,44,74H,4-6,8-9,11-15,17-18,20-22,24,28-29,34-35,38-40,42-43,45-73H2,1-3H3/b10-7-,19-16-,26-23-,27-25-,32-30-,33-31-,37-36-,44-41-. The van der Waals surface area contributed by atoms with E-state index in [4.69, 9.17) is 14.2 Å². The minimum atomic E-state index is -0.782.